The van der Waals surface area contributed by atoms with E-state index in [0.29, 0.717) is 0 Å². The maximum Gasteiger partial charge on any atom is 0.169 e. The Morgan fingerprint density at radius 3 is 2.15 bits per heavy atom. The number of phenolic OH excluding ortho intramolecular Hbond substituents is 3. The van der Waals surface area contributed by atoms with Crippen LogP contribution in [0.15, 0.2) is 12.1 Å². The molecule has 0 aromatic heterocycles. The molecule has 1 aromatic carbocycles. The summed E-state index contributed by atoms with van der Waals surface area (Å²) in [7, 11) is 0. The van der Waals surface area contributed by atoms with E-state index in [1.54, 1.807) is 0 Å². The van der Waals surface area contributed by atoms with Crippen LogP contribution in [0.25, 0.3) is 0 Å². The molecule has 0 aliphatic heterocycles. The Bertz CT molecular complexity index is 369. The molecule has 4 N–H and O–H groups in total. The maximum atomic E-state index is 9.14. The van der Waals surface area contributed by atoms with Crippen molar-refractivity contribution in [1.82, 2.24) is 0 Å². The van der Waals surface area contributed by atoms with Crippen LogP contribution in [-0.4, -0.2) is 20.4 Å². The fourth-order valence-corrected chi connectivity index (χ4v) is 0.871. The Morgan fingerprint density at radius 2 is 1.62 bits per heavy atom. The van der Waals surface area contributed by atoms with Gasteiger partial charge in [0.1, 0.15) is 5.75 Å². The highest BCUT2D eigenvalue weighted by atomic mass is 16.3. The maximum absolute atomic E-state index is 9.14. The van der Waals surface area contributed by atoms with E-state index in [1.165, 1.54) is 6.07 Å². The minimum atomic E-state index is -1.52. The summed E-state index contributed by atoms with van der Waals surface area (Å²) in [6.07, 6.45) is -1.52. The Morgan fingerprint density at radius 1 is 1.08 bits per heavy atom. The van der Waals surface area contributed by atoms with Gasteiger partial charge in [-0.05, 0) is 6.07 Å². The van der Waals surface area contributed by atoms with E-state index in [0.717, 1.165) is 12.1 Å². The fraction of sp³-hybridized carbons (Fsp3) is 0.125. The van der Waals surface area contributed by atoms with Gasteiger partial charge in [-0.15, -0.1) is 0 Å². The average Bonchev–Trinajstić information content (AvgIpc) is 2.10. The zero-order chi connectivity index (χ0) is 10.0. The Labute approximate surface area is 73.7 Å². The van der Waals surface area contributed by atoms with Crippen molar-refractivity contribution in [2.24, 2.45) is 0 Å². The quantitative estimate of drug-likeness (QED) is 0.284. The average molecular weight is 181 g/mol. The molecule has 0 radical (unpaired) electrons. The lowest BCUT2D eigenvalue weighted by Gasteiger charge is -2.06. The number of hydrogen-bond donors (Lipinski definition) is 4. The SMILES string of the molecule is N#CC(O)c1cc(O)c(O)cc1O. The zero-order valence-electron chi connectivity index (χ0n) is 6.47. The topological polar surface area (TPSA) is 105 Å². The number of aliphatic hydroxyl groups is 1. The van der Waals surface area contributed by atoms with Crippen molar-refractivity contribution in [2.45, 2.75) is 6.10 Å². The van der Waals surface area contributed by atoms with Gasteiger partial charge in [0.25, 0.3) is 0 Å². The smallest absolute Gasteiger partial charge is 0.169 e. The summed E-state index contributed by atoms with van der Waals surface area (Å²) < 4.78 is 0. The monoisotopic (exact) mass is 181 g/mol. The molecule has 0 fully saturated rings. The molecular weight excluding hydrogens is 174 g/mol. The van der Waals surface area contributed by atoms with Gasteiger partial charge < -0.3 is 20.4 Å². The van der Waals surface area contributed by atoms with Gasteiger partial charge in [-0.3, -0.25) is 0 Å². The van der Waals surface area contributed by atoms with Gasteiger partial charge in [-0.1, -0.05) is 0 Å². The second-order valence-electron chi connectivity index (χ2n) is 2.43. The molecule has 5 nitrogen and oxygen atoms in total. The standard InChI is InChI=1S/C8H7NO4/c9-3-8(13)4-1-6(11)7(12)2-5(4)10/h1-2,8,10-13H. The van der Waals surface area contributed by atoms with E-state index >= 15 is 0 Å². The van der Waals surface area contributed by atoms with E-state index in [-0.39, 0.29) is 5.56 Å². The first-order valence-corrected chi connectivity index (χ1v) is 3.38. The highest BCUT2D eigenvalue weighted by molar-refractivity contribution is 5.50. The van der Waals surface area contributed by atoms with E-state index in [1.807, 2.05) is 0 Å². The molecule has 0 aliphatic carbocycles. The molecule has 0 heterocycles. The first-order chi connectivity index (χ1) is 6.06. The van der Waals surface area contributed by atoms with Crippen molar-refractivity contribution in [1.29, 1.82) is 5.26 Å². The lowest BCUT2D eigenvalue weighted by atomic mass is 10.1. The first kappa shape index (κ1) is 9.16. The van der Waals surface area contributed by atoms with Gasteiger partial charge in [0, 0.05) is 11.6 Å². The van der Waals surface area contributed by atoms with Gasteiger partial charge in [-0.2, -0.15) is 5.26 Å². The molecular formula is C8H7NO4. The highest BCUT2D eigenvalue weighted by Crippen LogP contribution is 2.34. The van der Waals surface area contributed by atoms with Crippen molar-refractivity contribution in [2.75, 3.05) is 0 Å². The lowest BCUT2D eigenvalue weighted by Crippen LogP contribution is -1.93. The molecule has 0 saturated heterocycles. The molecule has 5 heteroatoms. The molecule has 1 aromatic rings. The van der Waals surface area contributed by atoms with Crippen LogP contribution in [0.2, 0.25) is 0 Å². The number of nitriles is 1. The van der Waals surface area contributed by atoms with Crippen LogP contribution in [0.3, 0.4) is 0 Å². The molecule has 13 heavy (non-hydrogen) atoms. The molecule has 1 atom stereocenters. The van der Waals surface area contributed by atoms with Crippen molar-refractivity contribution in [3.63, 3.8) is 0 Å². The number of nitrogens with zero attached hydrogens (tertiary/aromatic N) is 1. The minimum Gasteiger partial charge on any atom is -0.507 e. The summed E-state index contributed by atoms with van der Waals surface area (Å²) in [5.74, 6) is -1.45. The molecule has 0 spiro atoms. The Balaban J connectivity index is 3.25. The number of benzene rings is 1. The summed E-state index contributed by atoms with van der Waals surface area (Å²) in [6.45, 7) is 0. The molecule has 1 rings (SSSR count). The Kier molecular flexibility index (Phi) is 2.26. The molecule has 0 saturated carbocycles. The lowest BCUT2D eigenvalue weighted by molar-refractivity contribution is 0.230. The van der Waals surface area contributed by atoms with Gasteiger partial charge >= 0.3 is 0 Å². The van der Waals surface area contributed by atoms with E-state index < -0.39 is 23.4 Å². The van der Waals surface area contributed by atoms with Crippen LogP contribution in [-0.2, 0) is 0 Å². The van der Waals surface area contributed by atoms with E-state index in [9.17, 15) is 0 Å². The van der Waals surface area contributed by atoms with Crippen molar-refractivity contribution in [3.8, 4) is 23.3 Å². The Hall–Kier alpha value is -1.93. The van der Waals surface area contributed by atoms with E-state index in [4.69, 9.17) is 25.7 Å². The summed E-state index contributed by atoms with van der Waals surface area (Å²) in [6, 6.07) is 3.25. The van der Waals surface area contributed by atoms with Crippen LogP contribution < -0.4 is 0 Å². The molecule has 0 bridgehead atoms. The molecule has 68 valence electrons. The number of rotatable bonds is 1. The molecule has 0 aliphatic rings. The molecule has 1 unspecified atom stereocenters. The third-order valence-corrected chi connectivity index (χ3v) is 1.54. The van der Waals surface area contributed by atoms with Crippen molar-refractivity contribution in [3.05, 3.63) is 17.7 Å². The van der Waals surface area contributed by atoms with Crippen molar-refractivity contribution >= 4 is 0 Å². The molecule has 0 amide bonds. The first-order valence-electron chi connectivity index (χ1n) is 3.38. The van der Waals surface area contributed by atoms with Crippen LogP contribution >= 0.6 is 0 Å². The largest absolute Gasteiger partial charge is 0.507 e. The zero-order valence-corrected chi connectivity index (χ0v) is 6.47. The summed E-state index contributed by atoms with van der Waals surface area (Å²) in [4.78, 5) is 0. The second kappa shape index (κ2) is 3.21. The number of phenols is 3. The third-order valence-electron chi connectivity index (χ3n) is 1.54. The van der Waals surface area contributed by atoms with Crippen LogP contribution in [0.4, 0.5) is 0 Å². The number of aromatic hydroxyl groups is 3. The van der Waals surface area contributed by atoms with Crippen LogP contribution in [0.1, 0.15) is 11.7 Å². The summed E-state index contributed by atoms with van der Waals surface area (Å²) in [5, 5.41) is 44.4. The van der Waals surface area contributed by atoms with Gasteiger partial charge in [0.15, 0.2) is 17.6 Å². The predicted molar refractivity (Wildman–Crippen MR) is 42.0 cm³/mol. The number of aliphatic hydroxyl groups excluding tert-OH is 1. The number of hydrogen-bond acceptors (Lipinski definition) is 5. The van der Waals surface area contributed by atoms with Crippen molar-refractivity contribution < 1.29 is 20.4 Å². The van der Waals surface area contributed by atoms with E-state index in [2.05, 4.69) is 0 Å². The van der Waals surface area contributed by atoms with Gasteiger partial charge in [0.2, 0.25) is 0 Å². The highest BCUT2D eigenvalue weighted by Gasteiger charge is 2.14. The minimum absolute atomic E-state index is 0.141. The second-order valence-corrected chi connectivity index (χ2v) is 2.43. The fourth-order valence-electron chi connectivity index (χ4n) is 0.871. The normalized spacial score (nSPS) is 12.0. The predicted octanol–water partition coefficient (Wildman–Crippen LogP) is 0.360. The summed E-state index contributed by atoms with van der Waals surface area (Å²) in [5.41, 5.74) is -0.141. The van der Waals surface area contributed by atoms with Crippen LogP contribution in [0, 0.1) is 11.3 Å². The van der Waals surface area contributed by atoms with Crippen LogP contribution in [0.5, 0.6) is 17.2 Å². The summed E-state index contributed by atoms with van der Waals surface area (Å²) >= 11 is 0. The van der Waals surface area contributed by atoms with Gasteiger partial charge in [-0.25, -0.2) is 0 Å². The van der Waals surface area contributed by atoms with Gasteiger partial charge in [0.05, 0.1) is 6.07 Å². The third kappa shape index (κ3) is 1.63.